The minimum absolute atomic E-state index is 0.0465. The second-order valence-electron chi connectivity index (χ2n) is 4.98. The largest absolute Gasteiger partial charge is 0.465 e. The standard InChI is InChI=1S/C17H18N2O3/c1-12(20)19-10-14-5-3-13(4-6-14)7-15-8-16(11-18-9-15)17(21)22-2/h3-6,8-9,11H,7,10H2,1-2H3,(H,19,20). The van der Waals surface area contributed by atoms with Crippen LogP contribution in [0.2, 0.25) is 0 Å². The van der Waals surface area contributed by atoms with Gasteiger partial charge in [-0.3, -0.25) is 9.78 Å². The second kappa shape index (κ2) is 7.36. The predicted molar refractivity (Wildman–Crippen MR) is 82.3 cm³/mol. The van der Waals surface area contributed by atoms with Crippen molar-refractivity contribution in [2.45, 2.75) is 19.9 Å². The molecular formula is C17H18N2O3. The number of aromatic nitrogens is 1. The number of nitrogens with one attached hydrogen (secondary N) is 1. The van der Waals surface area contributed by atoms with Crippen LogP contribution in [0.3, 0.4) is 0 Å². The average Bonchev–Trinajstić information content (AvgIpc) is 2.53. The van der Waals surface area contributed by atoms with Gasteiger partial charge in [-0.15, -0.1) is 0 Å². The molecule has 114 valence electrons. The van der Waals surface area contributed by atoms with Gasteiger partial charge in [0.05, 0.1) is 12.7 Å². The van der Waals surface area contributed by atoms with Crippen LogP contribution in [0.25, 0.3) is 0 Å². The summed E-state index contributed by atoms with van der Waals surface area (Å²) in [5.74, 6) is -0.435. The molecule has 0 unspecified atom stereocenters. The zero-order valence-corrected chi connectivity index (χ0v) is 12.6. The lowest BCUT2D eigenvalue weighted by Crippen LogP contribution is -2.18. The van der Waals surface area contributed by atoms with Crippen LogP contribution in [0, 0.1) is 0 Å². The van der Waals surface area contributed by atoms with Crippen LogP contribution in [0.4, 0.5) is 0 Å². The first-order valence-electron chi connectivity index (χ1n) is 6.93. The summed E-state index contributed by atoms with van der Waals surface area (Å²) in [7, 11) is 1.35. The Labute approximate surface area is 129 Å². The van der Waals surface area contributed by atoms with Crippen LogP contribution >= 0.6 is 0 Å². The van der Waals surface area contributed by atoms with Gasteiger partial charge in [-0.1, -0.05) is 24.3 Å². The molecule has 0 aliphatic carbocycles. The van der Waals surface area contributed by atoms with Crippen molar-refractivity contribution < 1.29 is 14.3 Å². The number of pyridine rings is 1. The summed E-state index contributed by atoms with van der Waals surface area (Å²) < 4.78 is 4.69. The summed E-state index contributed by atoms with van der Waals surface area (Å²) in [6, 6.07) is 9.74. The van der Waals surface area contributed by atoms with Gasteiger partial charge in [0, 0.05) is 25.9 Å². The Kier molecular flexibility index (Phi) is 5.25. The van der Waals surface area contributed by atoms with Gasteiger partial charge in [0.25, 0.3) is 0 Å². The zero-order chi connectivity index (χ0) is 15.9. The van der Waals surface area contributed by atoms with Crippen molar-refractivity contribution in [3.8, 4) is 0 Å². The Morgan fingerprint density at radius 1 is 1.09 bits per heavy atom. The number of esters is 1. The van der Waals surface area contributed by atoms with E-state index in [1.165, 1.54) is 20.2 Å². The molecule has 2 aromatic rings. The fraction of sp³-hybridized carbons (Fsp3) is 0.235. The van der Waals surface area contributed by atoms with Crippen molar-refractivity contribution in [1.29, 1.82) is 0 Å². The highest BCUT2D eigenvalue weighted by atomic mass is 16.5. The third-order valence-corrected chi connectivity index (χ3v) is 3.19. The van der Waals surface area contributed by atoms with Crippen molar-refractivity contribution in [2.75, 3.05) is 7.11 Å². The maximum Gasteiger partial charge on any atom is 0.339 e. The molecule has 0 saturated heterocycles. The normalized spacial score (nSPS) is 10.1. The van der Waals surface area contributed by atoms with Crippen molar-refractivity contribution in [3.05, 3.63) is 65.0 Å². The minimum atomic E-state index is -0.389. The second-order valence-corrected chi connectivity index (χ2v) is 4.98. The molecule has 0 spiro atoms. The Hall–Kier alpha value is -2.69. The number of amides is 1. The quantitative estimate of drug-likeness (QED) is 0.858. The summed E-state index contributed by atoms with van der Waals surface area (Å²) in [5.41, 5.74) is 3.54. The minimum Gasteiger partial charge on any atom is -0.465 e. The fourth-order valence-corrected chi connectivity index (χ4v) is 2.05. The van der Waals surface area contributed by atoms with E-state index in [0.29, 0.717) is 18.5 Å². The molecule has 5 heteroatoms. The van der Waals surface area contributed by atoms with Gasteiger partial charge in [-0.05, 0) is 29.2 Å². The highest BCUT2D eigenvalue weighted by molar-refractivity contribution is 5.89. The summed E-state index contributed by atoms with van der Waals surface area (Å²) in [6.45, 7) is 2.02. The predicted octanol–water partition coefficient (Wildman–Crippen LogP) is 2.10. The maximum absolute atomic E-state index is 11.5. The number of hydrogen-bond donors (Lipinski definition) is 1. The van der Waals surface area contributed by atoms with E-state index in [4.69, 9.17) is 0 Å². The number of carbonyl (C=O) groups is 2. The molecule has 1 amide bonds. The van der Waals surface area contributed by atoms with Crippen molar-refractivity contribution in [1.82, 2.24) is 10.3 Å². The van der Waals surface area contributed by atoms with Crippen LogP contribution < -0.4 is 5.32 Å². The van der Waals surface area contributed by atoms with E-state index in [1.54, 1.807) is 12.3 Å². The molecule has 0 atom stereocenters. The molecule has 1 aromatic heterocycles. The van der Waals surface area contributed by atoms with E-state index in [1.807, 2.05) is 24.3 Å². The van der Waals surface area contributed by atoms with Gasteiger partial charge >= 0.3 is 5.97 Å². The number of carbonyl (C=O) groups excluding carboxylic acids is 2. The van der Waals surface area contributed by atoms with Gasteiger partial charge in [-0.2, -0.15) is 0 Å². The summed E-state index contributed by atoms with van der Waals surface area (Å²) in [6.07, 6.45) is 3.90. The monoisotopic (exact) mass is 298 g/mol. The lowest BCUT2D eigenvalue weighted by Gasteiger charge is -2.06. The van der Waals surface area contributed by atoms with E-state index in [0.717, 1.165) is 16.7 Å². The molecule has 0 aliphatic heterocycles. The maximum atomic E-state index is 11.5. The first-order chi connectivity index (χ1) is 10.6. The molecule has 0 fully saturated rings. The molecule has 2 rings (SSSR count). The van der Waals surface area contributed by atoms with Crippen LogP contribution in [-0.4, -0.2) is 24.0 Å². The molecule has 1 N–H and O–H groups in total. The van der Waals surface area contributed by atoms with Crippen LogP contribution in [0.5, 0.6) is 0 Å². The first kappa shape index (κ1) is 15.7. The fourth-order valence-electron chi connectivity index (χ4n) is 2.05. The van der Waals surface area contributed by atoms with E-state index in [-0.39, 0.29) is 11.9 Å². The van der Waals surface area contributed by atoms with Gasteiger partial charge in [-0.25, -0.2) is 4.79 Å². The van der Waals surface area contributed by atoms with E-state index >= 15 is 0 Å². The Bertz CT molecular complexity index is 666. The molecule has 1 heterocycles. The Morgan fingerprint density at radius 2 is 1.77 bits per heavy atom. The third-order valence-electron chi connectivity index (χ3n) is 3.19. The van der Waals surface area contributed by atoms with Gasteiger partial charge < -0.3 is 10.1 Å². The van der Waals surface area contributed by atoms with Crippen LogP contribution in [0.1, 0.15) is 34.0 Å². The number of hydrogen-bond acceptors (Lipinski definition) is 4. The van der Waals surface area contributed by atoms with E-state index in [9.17, 15) is 9.59 Å². The lowest BCUT2D eigenvalue weighted by molar-refractivity contribution is -0.119. The van der Waals surface area contributed by atoms with Crippen molar-refractivity contribution in [3.63, 3.8) is 0 Å². The van der Waals surface area contributed by atoms with Crippen molar-refractivity contribution in [2.24, 2.45) is 0 Å². The SMILES string of the molecule is COC(=O)c1cncc(Cc2ccc(CNC(C)=O)cc2)c1. The molecule has 0 radical (unpaired) electrons. The smallest absolute Gasteiger partial charge is 0.339 e. The molecule has 0 aliphatic rings. The van der Waals surface area contributed by atoms with Crippen LogP contribution in [-0.2, 0) is 22.5 Å². The van der Waals surface area contributed by atoms with E-state index in [2.05, 4.69) is 15.0 Å². The number of methoxy groups -OCH3 is 1. The zero-order valence-electron chi connectivity index (χ0n) is 12.6. The third kappa shape index (κ3) is 4.41. The van der Waals surface area contributed by atoms with Crippen LogP contribution in [0.15, 0.2) is 42.7 Å². The first-order valence-corrected chi connectivity index (χ1v) is 6.93. The van der Waals surface area contributed by atoms with E-state index < -0.39 is 0 Å². The van der Waals surface area contributed by atoms with Gasteiger partial charge in [0.1, 0.15) is 0 Å². The average molecular weight is 298 g/mol. The molecular weight excluding hydrogens is 280 g/mol. The Morgan fingerprint density at radius 3 is 2.41 bits per heavy atom. The number of ether oxygens (including phenoxy) is 1. The summed E-state index contributed by atoms with van der Waals surface area (Å²) >= 11 is 0. The van der Waals surface area contributed by atoms with Gasteiger partial charge in [0.15, 0.2) is 0 Å². The number of nitrogens with zero attached hydrogens (tertiary/aromatic N) is 1. The Balaban J connectivity index is 2.04. The summed E-state index contributed by atoms with van der Waals surface area (Å²) in [4.78, 5) is 26.4. The van der Waals surface area contributed by atoms with Crippen molar-refractivity contribution >= 4 is 11.9 Å². The number of benzene rings is 1. The highest BCUT2D eigenvalue weighted by Gasteiger charge is 2.07. The topological polar surface area (TPSA) is 68.3 Å². The highest BCUT2D eigenvalue weighted by Crippen LogP contribution is 2.12. The molecule has 22 heavy (non-hydrogen) atoms. The molecule has 0 saturated carbocycles. The van der Waals surface area contributed by atoms with Gasteiger partial charge in [0.2, 0.25) is 5.91 Å². The molecule has 0 bridgehead atoms. The molecule has 5 nitrogen and oxygen atoms in total. The lowest BCUT2D eigenvalue weighted by atomic mass is 10.0. The number of rotatable bonds is 5. The summed E-state index contributed by atoms with van der Waals surface area (Å²) in [5, 5.41) is 2.76. The molecule has 1 aromatic carbocycles.